The second-order valence-electron chi connectivity index (χ2n) is 6.94. The van der Waals surface area contributed by atoms with Crippen molar-refractivity contribution < 1.29 is 9.59 Å². The van der Waals surface area contributed by atoms with Crippen LogP contribution in [0.25, 0.3) is 0 Å². The standard InChI is InChI=1S/C18H20N6O2/c25-16(14-12-19-7-8-20-14)23-15-1-3-18(15)4-9-24(10-5-18)17(26)13-2-6-21-22-11-13/h2,6-8,11-12,15H,1,3-5,9-10H2,(H,23,25)/t15-/m1/s1. The molecule has 1 saturated carbocycles. The van der Waals surface area contributed by atoms with E-state index in [1.165, 1.54) is 24.8 Å². The van der Waals surface area contributed by atoms with Crippen LogP contribution in [0, 0.1) is 5.41 Å². The predicted molar refractivity (Wildman–Crippen MR) is 92.1 cm³/mol. The van der Waals surface area contributed by atoms with Gasteiger partial charge in [-0.05, 0) is 37.2 Å². The van der Waals surface area contributed by atoms with Crippen molar-refractivity contribution in [2.24, 2.45) is 5.41 Å². The van der Waals surface area contributed by atoms with E-state index in [2.05, 4.69) is 25.5 Å². The van der Waals surface area contributed by atoms with Crippen LogP contribution >= 0.6 is 0 Å². The van der Waals surface area contributed by atoms with Gasteiger partial charge >= 0.3 is 0 Å². The molecule has 8 heteroatoms. The molecule has 2 aromatic heterocycles. The lowest BCUT2D eigenvalue weighted by molar-refractivity contribution is -0.00241. The minimum absolute atomic E-state index is 0.00535. The summed E-state index contributed by atoms with van der Waals surface area (Å²) in [5.74, 6) is -0.183. The summed E-state index contributed by atoms with van der Waals surface area (Å²) in [6.07, 6.45) is 11.4. The lowest BCUT2D eigenvalue weighted by Gasteiger charge is -2.54. The van der Waals surface area contributed by atoms with Crippen LogP contribution in [0.4, 0.5) is 0 Å². The van der Waals surface area contributed by atoms with E-state index < -0.39 is 0 Å². The van der Waals surface area contributed by atoms with Crippen molar-refractivity contribution in [1.29, 1.82) is 0 Å². The van der Waals surface area contributed by atoms with E-state index >= 15 is 0 Å². The Labute approximate surface area is 151 Å². The van der Waals surface area contributed by atoms with Crippen LogP contribution in [0.3, 0.4) is 0 Å². The van der Waals surface area contributed by atoms with Crippen LogP contribution in [-0.4, -0.2) is 56.0 Å². The molecule has 4 rings (SSSR count). The number of aromatic nitrogens is 4. The van der Waals surface area contributed by atoms with Gasteiger partial charge in [0, 0.05) is 31.5 Å². The van der Waals surface area contributed by atoms with Crippen molar-refractivity contribution in [2.45, 2.75) is 31.7 Å². The van der Waals surface area contributed by atoms with Crippen LogP contribution < -0.4 is 5.32 Å². The van der Waals surface area contributed by atoms with E-state index in [1.54, 1.807) is 12.3 Å². The zero-order chi connectivity index (χ0) is 18.0. The number of rotatable bonds is 3. The molecule has 1 atom stereocenters. The van der Waals surface area contributed by atoms with Gasteiger partial charge in [-0.15, -0.1) is 0 Å². The Morgan fingerprint density at radius 2 is 1.92 bits per heavy atom. The molecule has 0 aromatic carbocycles. The second kappa shape index (κ2) is 6.78. The predicted octanol–water partition coefficient (Wildman–Crippen LogP) is 1.08. The molecule has 26 heavy (non-hydrogen) atoms. The summed E-state index contributed by atoms with van der Waals surface area (Å²) in [6, 6.07) is 1.82. The Bertz CT molecular complexity index is 790. The van der Waals surface area contributed by atoms with Gasteiger partial charge in [-0.25, -0.2) is 4.98 Å². The van der Waals surface area contributed by atoms with Crippen LogP contribution in [0.5, 0.6) is 0 Å². The topological polar surface area (TPSA) is 101 Å². The number of piperidine rings is 1. The van der Waals surface area contributed by atoms with Gasteiger partial charge in [-0.1, -0.05) is 0 Å². The lowest BCUT2D eigenvalue weighted by Crippen LogP contribution is -2.59. The molecular weight excluding hydrogens is 332 g/mol. The first-order chi connectivity index (χ1) is 12.7. The first kappa shape index (κ1) is 16.6. The molecule has 134 valence electrons. The van der Waals surface area contributed by atoms with Crippen LogP contribution in [0.2, 0.25) is 0 Å². The second-order valence-corrected chi connectivity index (χ2v) is 6.94. The average Bonchev–Trinajstić information content (AvgIpc) is 2.72. The Balaban J connectivity index is 1.36. The third-order valence-electron chi connectivity index (χ3n) is 5.65. The summed E-state index contributed by atoms with van der Waals surface area (Å²) in [5, 5.41) is 10.6. The zero-order valence-electron chi connectivity index (χ0n) is 14.3. The number of likely N-dealkylation sites (tertiary alicyclic amines) is 1. The van der Waals surface area contributed by atoms with Gasteiger partial charge in [0.25, 0.3) is 11.8 Å². The number of amides is 2. The van der Waals surface area contributed by atoms with Gasteiger partial charge < -0.3 is 10.2 Å². The van der Waals surface area contributed by atoms with Crippen molar-refractivity contribution in [3.05, 3.63) is 48.3 Å². The quantitative estimate of drug-likeness (QED) is 0.887. The Hall–Kier alpha value is -2.90. The molecule has 1 saturated heterocycles. The number of hydrogen-bond acceptors (Lipinski definition) is 6. The maximum Gasteiger partial charge on any atom is 0.271 e. The molecule has 3 heterocycles. The Morgan fingerprint density at radius 3 is 2.54 bits per heavy atom. The van der Waals surface area contributed by atoms with Gasteiger partial charge in [0.2, 0.25) is 0 Å². The maximum absolute atomic E-state index is 12.5. The SMILES string of the molecule is O=C(N[C@@H]1CCC12CCN(C(=O)c1ccnnc1)CC2)c1cnccn1. The van der Waals surface area contributed by atoms with Crippen molar-refractivity contribution in [3.8, 4) is 0 Å². The molecule has 0 unspecified atom stereocenters. The van der Waals surface area contributed by atoms with Crippen LogP contribution in [0.15, 0.2) is 37.1 Å². The molecular formula is C18H20N6O2. The van der Waals surface area contributed by atoms with E-state index in [0.717, 1.165) is 25.7 Å². The monoisotopic (exact) mass is 352 g/mol. The normalized spacial score (nSPS) is 21.1. The number of carbonyl (C=O) groups excluding carboxylic acids is 2. The van der Waals surface area contributed by atoms with E-state index in [1.807, 2.05) is 4.90 Å². The fourth-order valence-electron chi connectivity index (χ4n) is 3.92. The highest BCUT2D eigenvalue weighted by atomic mass is 16.2. The van der Waals surface area contributed by atoms with Crippen molar-refractivity contribution in [3.63, 3.8) is 0 Å². The average molecular weight is 352 g/mol. The number of hydrogen-bond donors (Lipinski definition) is 1. The van der Waals surface area contributed by atoms with E-state index in [9.17, 15) is 9.59 Å². The van der Waals surface area contributed by atoms with E-state index in [-0.39, 0.29) is 23.3 Å². The van der Waals surface area contributed by atoms with Gasteiger partial charge in [0.1, 0.15) is 5.69 Å². The molecule has 1 spiro atoms. The van der Waals surface area contributed by atoms with Crippen LogP contribution in [0.1, 0.15) is 46.5 Å². The van der Waals surface area contributed by atoms with E-state index in [0.29, 0.717) is 24.3 Å². The summed E-state index contributed by atoms with van der Waals surface area (Å²) < 4.78 is 0. The van der Waals surface area contributed by atoms with Gasteiger partial charge in [-0.3, -0.25) is 14.6 Å². The summed E-state index contributed by atoms with van der Waals surface area (Å²) in [7, 11) is 0. The molecule has 1 N–H and O–H groups in total. The van der Waals surface area contributed by atoms with Gasteiger partial charge in [0.15, 0.2) is 0 Å². The summed E-state index contributed by atoms with van der Waals surface area (Å²) in [6.45, 7) is 1.39. The highest BCUT2D eigenvalue weighted by Crippen LogP contribution is 2.49. The summed E-state index contributed by atoms with van der Waals surface area (Å²) >= 11 is 0. The van der Waals surface area contributed by atoms with E-state index in [4.69, 9.17) is 0 Å². The van der Waals surface area contributed by atoms with Crippen LogP contribution in [-0.2, 0) is 0 Å². The highest BCUT2D eigenvalue weighted by molar-refractivity contribution is 5.94. The lowest BCUT2D eigenvalue weighted by atomic mass is 9.59. The molecule has 0 bridgehead atoms. The zero-order valence-corrected chi connectivity index (χ0v) is 14.3. The third-order valence-corrected chi connectivity index (χ3v) is 5.65. The number of carbonyl (C=O) groups is 2. The molecule has 2 fully saturated rings. The smallest absolute Gasteiger partial charge is 0.271 e. The molecule has 2 amide bonds. The fraction of sp³-hybridized carbons (Fsp3) is 0.444. The fourth-order valence-corrected chi connectivity index (χ4v) is 3.92. The summed E-state index contributed by atoms with van der Waals surface area (Å²) in [5.41, 5.74) is 0.995. The number of nitrogens with one attached hydrogen (secondary N) is 1. The third kappa shape index (κ3) is 3.02. The largest absolute Gasteiger partial charge is 0.347 e. The minimum atomic E-state index is -0.177. The number of nitrogens with zero attached hydrogens (tertiary/aromatic N) is 5. The van der Waals surface area contributed by atoms with Crippen molar-refractivity contribution in [1.82, 2.24) is 30.4 Å². The van der Waals surface area contributed by atoms with Gasteiger partial charge in [0.05, 0.1) is 24.2 Å². The first-order valence-corrected chi connectivity index (χ1v) is 8.81. The van der Waals surface area contributed by atoms with Crippen molar-refractivity contribution in [2.75, 3.05) is 13.1 Å². The molecule has 1 aliphatic carbocycles. The molecule has 2 aliphatic rings. The maximum atomic E-state index is 12.5. The van der Waals surface area contributed by atoms with Crippen molar-refractivity contribution >= 4 is 11.8 Å². The molecule has 2 aromatic rings. The summed E-state index contributed by atoms with van der Waals surface area (Å²) in [4.78, 5) is 34.7. The Kier molecular flexibility index (Phi) is 4.32. The molecule has 8 nitrogen and oxygen atoms in total. The highest BCUT2D eigenvalue weighted by Gasteiger charge is 2.49. The minimum Gasteiger partial charge on any atom is -0.347 e. The Morgan fingerprint density at radius 1 is 1.08 bits per heavy atom. The first-order valence-electron chi connectivity index (χ1n) is 8.81. The molecule has 0 radical (unpaired) electrons. The molecule has 1 aliphatic heterocycles. The van der Waals surface area contributed by atoms with Gasteiger partial charge in [-0.2, -0.15) is 10.2 Å².